The number of carbonyl (C=O) groups excluding carboxylic acids is 1. The number of carbonyl (C=O) groups is 2. The fourth-order valence-electron chi connectivity index (χ4n) is 3.54. The lowest BCUT2D eigenvalue weighted by molar-refractivity contribution is -0.132. The Morgan fingerprint density at radius 2 is 1.10 bits per heavy atom. The molecule has 0 aromatic heterocycles. The van der Waals surface area contributed by atoms with Crippen LogP contribution in [0.5, 0.6) is 11.5 Å². The Balaban J connectivity index is 0.000000230. The van der Waals surface area contributed by atoms with Gasteiger partial charge in [0.05, 0.1) is 0 Å². The fourth-order valence-corrected chi connectivity index (χ4v) is 3.54. The molecule has 0 fully saturated rings. The molecule has 0 unspecified atom stereocenters. The predicted octanol–water partition coefficient (Wildman–Crippen LogP) is 7.19. The van der Waals surface area contributed by atoms with E-state index in [1.807, 2.05) is 12.1 Å². The molecule has 8 heteroatoms. The van der Waals surface area contributed by atoms with Gasteiger partial charge in [0.25, 0.3) is 0 Å². The Bertz CT molecular complexity index is 1440. The van der Waals surface area contributed by atoms with Crippen molar-refractivity contribution < 1.29 is 33.0 Å². The van der Waals surface area contributed by atoms with Crippen LogP contribution in [0.15, 0.2) is 108 Å². The Hall–Kier alpha value is -5.24. The van der Waals surface area contributed by atoms with E-state index < -0.39 is 11.9 Å². The van der Waals surface area contributed by atoms with Gasteiger partial charge in [-0.2, -0.15) is 0 Å². The van der Waals surface area contributed by atoms with E-state index in [1.54, 1.807) is 79.7 Å². The van der Waals surface area contributed by atoms with Crippen LogP contribution in [0.3, 0.4) is 0 Å². The van der Waals surface area contributed by atoms with Gasteiger partial charge in [-0.3, -0.25) is 4.79 Å². The maximum atomic E-state index is 13.0. The SMILES string of the molecule is CC(=Cc1ccc(OCc2cccc(F)c2)cc1)C(=O)O.CC(=Cc1ccc(OCc2cccc(F)c2)cc1)C(N)=O. The second kappa shape index (κ2) is 15.5. The second-order valence-electron chi connectivity index (χ2n) is 9.30. The first-order valence-electron chi connectivity index (χ1n) is 12.9. The number of benzene rings is 4. The summed E-state index contributed by atoms with van der Waals surface area (Å²) >= 11 is 0. The van der Waals surface area contributed by atoms with Gasteiger partial charge in [-0.1, -0.05) is 48.5 Å². The first-order valence-corrected chi connectivity index (χ1v) is 12.9. The quantitative estimate of drug-likeness (QED) is 0.196. The minimum atomic E-state index is -0.943. The molecule has 0 aliphatic rings. The number of ether oxygens (including phenoxy) is 2. The minimum absolute atomic E-state index is 0.267. The molecule has 216 valence electrons. The number of hydrogen-bond acceptors (Lipinski definition) is 4. The summed E-state index contributed by atoms with van der Waals surface area (Å²) < 4.78 is 37.2. The number of halogens is 2. The van der Waals surface area contributed by atoms with Crippen molar-refractivity contribution in [3.8, 4) is 11.5 Å². The maximum Gasteiger partial charge on any atom is 0.331 e. The molecule has 0 aliphatic carbocycles. The third-order valence-electron chi connectivity index (χ3n) is 5.84. The average Bonchev–Trinajstić information content (AvgIpc) is 2.97. The number of carboxylic acid groups (broad SMARTS) is 1. The molecule has 4 aromatic carbocycles. The molecule has 0 radical (unpaired) electrons. The van der Waals surface area contributed by atoms with Crippen LogP contribution in [-0.2, 0) is 22.8 Å². The summed E-state index contributed by atoms with van der Waals surface area (Å²) in [5.41, 5.74) is 9.10. The molecule has 1 amide bonds. The highest BCUT2D eigenvalue weighted by molar-refractivity contribution is 5.96. The topological polar surface area (TPSA) is 98.8 Å². The van der Waals surface area contributed by atoms with Crippen LogP contribution in [0.25, 0.3) is 12.2 Å². The summed E-state index contributed by atoms with van der Waals surface area (Å²) in [4.78, 5) is 21.7. The summed E-state index contributed by atoms with van der Waals surface area (Å²) in [7, 11) is 0. The minimum Gasteiger partial charge on any atom is -0.489 e. The van der Waals surface area contributed by atoms with E-state index in [4.69, 9.17) is 20.3 Å². The molecule has 0 saturated carbocycles. The highest BCUT2D eigenvalue weighted by Crippen LogP contribution is 2.18. The van der Waals surface area contributed by atoms with Crippen molar-refractivity contribution in [3.63, 3.8) is 0 Å². The van der Waals surface area contributed by atoms with Crippen molar-refractivity contribution in [3.05, 3.63) is 142 Å². The van der Waals surface area contributed by atoms with E-state index in [1.165, 1.54) is 31.2 Å². The van der Waals surface area contributed by atoms with Gasteiger partial charge >= 0.3 is 5.97 Å². The van der Waals surface area contributed by atoms with E-state index in [9.17, 15) is 18.4 Å². The van der Waals surface area contributed by atoms with Gasteiger partial charge in [0.15, 0.2) is 0 Å². The van der Waals surface area contributed by atoms with Gasteiger partial charge in [-0.25, -0.2) is 13.6 Å². The maximum absolute atomic E-state index is 13.0. The van der Waals surface area contributed by atoms with Crippen LogP contribution in [0.1, 0.15) is 36.1 Å². The number of hydrogen-bond donors (Lipinski definition) is 2. The van der Waals surface area contributed by atoms with E-state index in [-0.39, 0.29) is 23.8 Å². The van der Waals surface area contributed by atoms with E-state index >= 15 is 0 Å². The Labute approximate surface area is 243 Å². The van der Waals surface area contributed by atoms with Gasteiger partial charge in [-0.15, -0.1) is 0 Å². The van der Waals surface area contributed by atoms with Crippen LogP contribution >= 0.6 is 0 Å². The molecule has 0 heterocycles. The lowest BCUT2D eigenvalue weighted by Gasteiger charge is -2.07. The summed E-state index contributed by atoms with van der Waals surface area (Å²) in [6, 6.07) is 26.8. The van der Waals surface area contributed by atoms with E-state index in [2.05, 4.69) is 0 Å². The predicted molar refractivity (Wildman–Crippen MR) is 158 cm³/mol. The molecule has 4 rings (SSSR count). The largest absolute Gasteiger partial charge is 0.489 e. The molecule has 0 atom stereocenters. The zero-order chi connectivity index (χ0) is 30.5. The fraction of sp³-hybridized carbons (Fsp3) is 0.118. The van der Waals surface area contributed by atoms with Crippen LogP contribution in [-0.4, -0.2) is 17.0 Å². The number of nitrogens with two attached hydrogens (primary N) is 1. The number of carboxylic acids is 1. The zero-order valence-corrected chi connectivity index (χ0v) is 23.2. The molecular weight excluding hydrogens is 540 g/mol. The van der Waals surface area contributed by atoms with Crippen LogP contribution < -0.4 is 15.2 Å². The van der Waals surface area contributed by atoms with Crippen molar-refractivity contribution in [1.29, 1.82) is 0 Å². The molecule has 6 nitrogen and oxygen atoms in total. The van der Waals surface area contributed by atoms with Crippen LogP contribution in [0.4, 0.5) is 8.78 Å². The summed E-state index contributed by atoms with van der Waals surface area (Å²) in [5.74, 6) is -0.639. The smallest absolute Gasteiger partial charge is 0.331 e. The van der Waals surface area contributed by atoms with Crippen molar-refractivity contribution >= 4 is 24.0 Å². The molecule has 4 aromatic rings. The molecule has 3 N–H and O–H groups in total. The van der Waals surface area contributed by atoms with Crippen molar-refractivity contribution in [2.24, 2.45) is 5.73 Å². The normalized spacial score (nSPS) is 11.2. The van der Waals surface area contributed by atoms with Gasteiger partial charge < -0.3 is 20.3 Å². The molecule has 0 bridgehead atoms. The Morgan fingerprint density at radius 1 is 0.690 bits per heavy atom. The van der Waals surface area contributed by atoms with Gasteiger partial charge in [0.1, 0.15) is 36.3 Å². The second-order valence-corrected chi connectivity index (χ2v) is 9.30. The number of primary amides is 1. The number of rotatable bonds is 10. The summed E-state index contributed by atoms with van der Waals surface area (Å²) in [5, 5.41) is 8.81. The lowest BCUT2D eigenvalue weighted by atomic mass is 10.1. The Morgan fingerprint density at radius 3 is 1.45 bits per heavy atom. The van der Waals surface area contributed by atoms with E-state index in [0.717, 1.165) is 22.3 Å². The molecule has 0 aliphatic heterocycles. The van der Waals surface area contributed by atoms with Crippen LogP contribution in [0.2, 0.25) is 0 Å². The summed E-state index contributed by atoms with van der Waals surface area (Å²) in [6.07, 6.45) is 3.29. The number of aliphatic carboxylic acids is 1. The lowest BCUT2D eigenvalue weighted by Crippen LogP contribution is -2.11. The standard InChI is InChI=1S/C17H16FNO2.C17H15FO3/c2*1-12(17(19)20)9-13-5-7-16(8-6-13)21-11-14-3-2-4-15(18)10-14/h2-10H,11H2,1H3,(H2,19,20);2-10H,11H2,1H3,(H,19,20). The van der Waals surface area contributed by atoms with Gasteiger partial charge in [-0.05, 0) is 96.8 Å². The third kappa shape index (κ3) is 10.7. The Kier molecular flexibility index (Phi) is 11.6. The molecule has 0 saturated heterocycles. The molecule has 0 spiro atoms. The first-order chi connectivity index (χ1) is 20.1. The van der Waals surface area contributed by atoms with Crippen LogP contribution in [0, 0.1) is 11.6 Å². The third-order valence-corrected chi connectivity index (χ3v) is 5.84. The van der Waals surface area contributed by atoms with Gasteiger partial charge in [0.2, 0.25) is 5.91 Å². The highest BCUT2D eigenvalue weighted by Gasteiger charge is 2.02. The van der Waals surface area contributed by atoms with Gasteiger partial charge in [0, 0.05) is 11.1 Å². The number of amides is 1. The summed E-state index contributed by atoms with van der Waals surface area (Å²) in [6.45, 7) is 3.78. The highest BCUT2D eigenvalue weighted by atomic mass is 19.1. The average molecular weight is 572 g/mol. The van der Waals surface area contributed by atoms with Crippen molar-refractivity contribution in [1.82, 2.24) is 0 Å². The van der Waals surface area contributed by atoms with Crippen molar-refractivity contribution in [2.75, 3.05) is 0 Å². The van der Waals surface area contributed by atoms with E-state index in [0.29, 0.717) is 23.7 Å². The van der Waals surface area contributed by atoms with Crippen molar-refractivity contribution in [2.45, 2.75) is 27.1 Å². The monoisotopic (exact) mass is 571 g/mol. The molecular formula is C34H31F2NO5. The molecule has 42 heavy (non-hydrogen) atoms. The zero-order valence-electron chi connectivity index (χ0n) is 23.2. The first kappa shape index (κ1) is 31.3.